The molecule has 0 amide bonds. The quantitative estimate of drug-likeness (QED) is 0.763. The topological polar surface area (TPSA) is 35.9 Å². The van der Waals surface area contributed by atoms with Crippen LogP contribution in [0.4, 0.5) is 18.9 Å². The molecule has 0 saturated heterocycles. The summed E-state index contributed by atoms with van der Waals surface area (Å²) in [6, 6.07) is 15.0. The fourth-order valence-corrected chi connectivity index (χ4v) is 3.52. The molecular weight excluding hydrogens is 325 g/mol. The maximum atomic E-state index is 12.7. The summed E-state index contributed by atoms with van der Waals surface area (Å²) in [6.45, 7) is 2.04. The maximum absolute atomic E-state index is 12.7. The van der Waals surface area contributed by atoms with Crippen molar-refractivity contribution < 1.29 is 13.2 Å². The molecule has 1 fully saturated rings. The van der Waals surface area contributed by atoms with E-state index in [1.54, 1.807) is 12.1 Å². The largest absolute Gasteiger partial charge is 0.416 e. The van der Waals surface area contributed by atoms with Gasteiger partial charge in [-0.15, -0.1) is 0 Å². The maximum Gasteiger partial charge on any atom is 0.416 e. The fraction of sp³-hybridized carbons (Fsp3) is 0.350. The molecule has 1 aliphatic rings. The number of nitrogens with one attached hydrogen (secondary N) is 2. The van der Waals surface area contributed by atoms with Gasteiger partial charge in [0.15, 0.2) is 0 Å². The van der Waals surface area contributed by atoms with Gasteiger partial charge in [-0.05, 0) is 54.5 Å². The van der Waals surface area contributed by atoms with Crippen LogP contribution in [0.15, 0.2) is 54.6 Å². The SMILES string of the molecule is CC1CC(Cc2ccc(C(F)(F)F)cc2)C(Nc2ccccc2)C1=N. The lowest BCUT2D eigenvalue weighted by Crippen LogP contribution is -2.32. The van der Waals surface area contributed by atoms with E-state index < -0.39 is 11.7 Å². The minimum atomic E-state index is -4.31. The van der Waals surface area contributed by atoms with Crippen molar-refractivity contribution >= 4 is 11.4 Å². The molecule has 0 spiro atoms. The van der Waals surface area contributed by atoms with Gasteiger partial charge in [-0.25, -0.2) is 0 Å². The Kier molecular flexibility index (Phi) is 4.84. The number of benzene rings is 2. The first kappa shape index (κ1) is 17.5. The molecule has 2 aromatic rings. The van der Waals surface area contributed by atoms with Gasteiger partial charge in [0.05, 0.1) is 11.6 Å². The average molecular weight is 346 g/mol. The van der Waals surface area contributed by atoms with Gasteiger partial charge in [0.25, 0.3) is 0 Å². The fourth-order valence-electron chi connectivity index (χ4n) is 3.52. The number of hydrogen-bond donors (Lipinski definition) is 2. The van der Waals surface area contributed by atoms with Crippen molar-refractivity contribution in [2.75, 3.05) is 5.32 Å². The molecule has 132 valence electrons. The molecule has 3 atom stereocenters. The molecule has 3 unspecified atom stereocenters. The smallest absolute Gasteiger partial charge is 0.377 e. The third-order valence-electron chi connectivity index (χ3n) is 4.87. The Hall–Kier alpha value is -2.30. The Morgan fingerprint density at radius 2 is 1.68 bits per heavy atom. The van der Waals surface area contributed by atoms with Crippen LogP contribution in [0.3, 0.4) is 0 Å². The van der Waals surface area contributed by atoms with Gasteiger partial charge in [0, 0.05) is 11.4 Å². The normalized spacial score (nSPS) is 23.7. The Morgan fingerprint density at radius 1 is 1.04 bits per heavy atom. The van der Waals surface area contributed by atoms with Crippen LogP contribution in [0.1, 0.15) is 24.5 Å². The number of para-hydroxylation sites is 1. The molecule has 1 saturated carbocycles. The summed E-state index contributed by atoms with van der Waals surface area (Å²) < 4.78 is 38.1. The van der Waals surface area contributed by atoms with Gasteiger partial charge >= 0.3 is 6.18 Å². The highest BCUT2D eigenvalue weighted by molar-refractivity contribution is 5.93. The van der Waals surface area contributed by atoms with E-state index >= 15 is 0 Å². The van der Waals surface area contributed by atoms with E-state index in [1.807, 2.05) is 37.3 Å². The van der Waals surface area contributed by atoms with E-state index in [9.17, 15) is 13.2 Å². The van der Waals surface area contributed by atoms with E-state index in [2.05, 4.69) is 5.32 Å². The van der Waals surface area contributed by atoms with Crippen molar-refractivity contribution in [3.8, 4) is 0 Å². The summed E-state index contributed by atoms with van der Waals surface area (Å²) in [5.74, 6) is 0.375. The van der Waals surface area contributed by atoms with Gasteiger partial charge in [-0.3, -0.25) is 0 Å². The van der Waals surface area contributed by atoms with Crippen LogP contribution >= 0.6 is 0 Å². The summed E-state index contributed by atoms with van der Waals surface area (Å²) in [6.07, 6.45) is -2.78. The Balaban J connectivity index is 1.74. The van der Waals surface area contributed by atoms with Crippen molar-refractivity contribution in [1.29, 1.82) is 5.41 Å². The summed E-state index contributed by atoms with van der Waals surface area (Å²) in [4.78, 5) is 0. The number of alkyl halides is 3. The minimum absolute atomic E-state index is 0.0836. The van der Waals surface area contributed by atoms with Crippen LogP contribution in [0.2, 0.25) is 0 Å². The van der Waals surface area contributed by atoms with Gasteiger partial charge in [-0.2, -0.15) is 13.2 Å². The first-order valence-electron chi connectivity index (χ1n) is 8.40. The number of rotatable bonds is 4. The van der Waals surface area contributed by atoms with E-state index in [1.165, 1.54) is 0 Å². The van der Waals surface area contributed by atoms with Crippen molar-refractivity contribution in [2.24, 2.45) is 11.8 Å². The first-order chi connectivity index (χ1) is 11.8. The highest BCUT2D eigenvalue weighted by Crippen LogP contribution is 2.34. The molecule has 2 nitrogen and oxygen atoms in total. The van der Waals surface area contributed by atoms with Crippen LogP contribution < -0.4 is 5.32 Å². The van der Waals surface area contributed by atoms with E-state index in [0.29, 0.717) is 12.1 Å². The zero-order valence-corrected chi connectivity index (χ0v) is 14.0. The van der Waals surface area contributed by atoms with Crippen molar-refractivity contribution in [3.05, 3.63) is 65.7 Å². The number of hydrogen-bond acceptors (Lipinski definition) is 2. The molecule has 2 aromatic carbocycles. The molecule has 5 heteroatoms. The Bertz CT molecular complexity index is 723. The predicted molar refractivity (Wildman–Crippen MR) is 94.0 cm³/mol. The first-order valence-corrected chi connectivity index (χ1v) is 8.40. The van der Waals surface area contributed by atoms with Crippen LogP contribution in [-0.2, 0) is 12.6 Å². The second-order valence-electron chi connectivity index (χ2n) is 6.74. The molecule has 0 aromatic heterocycles. The van der Waals surface area contributed by atoms with Crippen molar-refractivity contribution in [2.45, 2.75) is 32.0 Å². The van der Waals surface area contributed by atoms with E-state index in [-0.39, 0.29) is 17.9 Å². The molecule has 2 N–H and O–H groups in total. The minimum Gasteiger partial charge on any atom is -0.377 e. The Labute approximate surface area is 145 Å². The monoisotopic (exact) mass is 346 g/mol. The summed E-state index contributed by atoms with van der Waals surface area (Å²) >= 11 is 0. The molecule has 0 aliphatic heterocycles. The van der Waals surface area contributed by atoms with Crippen LogP contribution in [0.5, 0.6) is 0 Å². The van der Waals surface area contributed by atoms with Gasteiger partial charge < -0.3 is 10.7 Å². The highest BCUT2D eigenvalue weighted by Gasteiger charge is 2.37. The lowest BCUT2D eigenvalue weighted by molar-refractivity contribution is -0.137. The second kappa shape index (κ2) is 6.90. The number of anilines is 1. The molecule has 0 radical (unpaired) electrons. The van der Waals surface area contributed by atoms with Gasteiger partial charge in [0.2, 0.25) is 0 Å². The van der Waals surface area contributed by atoms with E-state index in [4.69, 9.17) is 5.41 Å². The standard InChI is InChI=1S/C20H21F3N2/c1-13-11-15(12-14-7-9-16(10-8-14)20(21,22)23)19(18(13)24)25-17-5-3-2-4-6-17/h2-10,13,15,19,24-25H,11-12H2,1H3. The third-order valence-corrected chi connectivity index (χ3v) is 4.87. The van der Waals surface area contributed by atoms with E-state index in [0.717, 1.165) is 29.8 Å². The second-order valence-corrected chi connectivity index (χ2v) is 6.74. The highest BCUT2D eigenvalue weighted by atomic mass is 19.4. The molecule has 3 rings (SSSR count). The summed E-state index contributed by atoms with van der Waals surface area (Å²) in [5.41, 5.74) is 1.88. The zero-order valence-electron chi connectivity index (χ0n) is 14.0. The third kappa shape index (κ3) is 4.03. The molecule has 0 bridgehead atoms. The Morgan fingerprint density at radius 3 is 2.28 bits per heavy atom. The zero-order chi connectivity index (χ0) is 18.0. The number of halogens is 3. The summed E-state index contributed by atoms with van der Waals surface area (Å²) in [7, 11) is 0. The molecule has 1 aliphatic carbocycles. The average Bonchev–Trinajstić information content (AvgIpc) is 2.83. The lowest BCUT2D eigenvalue weighted by atomic mass is 9.93. The molecule has 0 heterocycles. The van der Waals surface area contributed by atoms with Crippen LogP contribution in [0, 0.1) is 17.2 Å². The predicted octanol–water partition coefficient (Wildman–Crippen LogP) is 5.40. The van der Waals surface area contributed by atoms with Gasteiger partial charge in [0.1, 0.15) is 0 Å². The van der Waals surface area contributed by atoms with Gasteiger partial charge in [-0.1, -0.05) is 37.3 Å². The molecule has 25 heavy (non-hydrogen) atoms. The molecular formula is C20H21F3N2. The van der Waals surface area contributed by atoms with Crippen LogP contribution in [-0.4, -0.2) is 11.8 Å². The van der Waals surface area contributed by atoms with Crippen LogP contribution in [0.25, 0.3) is 0 Å². The lowest BCUT2D eigenvalue weighted by Gasteiger charge is -2.22. The van der Waals surface area contributed by atoms with Crippen molar-refractivity contribution in [3.63, 3.8) is 0 Å². The van der Waals surface area contributed by atoms with Crippen molar-refractivity contribution in [1.82, 2.24) is 0 Å². The summed E-state index contributed by atoms with van der Waals surface area (Å²) in [5, 5.41) is 11.8.